The minimum absolute atomic E-state index is 0.458. The van der Waals surface area contributed by atoms with Crippen LogP contribution in [0.2, 0.25) is 0 Å². The maximum atomic E-state index is 8.57. The van der Waals surface area contributed by atoms with Gasteiger partial charge >= 0.3 is 0 Å². The molecule has 92 valence electrons. The maximum Gasteiger partial charge on any atom is 0.119 e. The molecule has 0 aliphatic rings. The SMILES string of the molecule is CCCC(CBr)COc1ccc(CC#N)cc1. The Hall–Kier alpha value is -1.01. The molecule has 0 bridgehead atoms. The molecule has 1 aromatic rings. The van der Waals surface area contributed by atoms with Gasteiger partial charge in [-0.25, -0.2) is 0 Å². The lowest BCUT2D eigenvalue weighted by molar-refractivity contribution is 0.255. The van der Waals surface area contributed by atoms with Gasteiger partial charge in [0, 0.05) is 11.2 Å². The summed E-state index contributed by atoms with van der Waals surface area (Å²) in [6.07, 6.45) is 2.82. The molecule has 0 saturated carbocycles. The van der Waals surface area contributed by atoms with Crippen molar-refractivity contribution in [3.63, 3.8) is 0 Å². The Bertz CT molecular complexity index is 355. The van der Waals surface area contributed by atoms with Gasteiger partial charge in [-0.2, -0.15) is 5.26 Å². The third-order valence-corrected chi connectivity index (χ3v) is 3.52. The fraction of sp³-hybridized carbons (Fsp3) is 0.500. The van der Waals surface area contributed by atoms with E-state index in [1.165, 1.54) is 12.8 Å². The second kappa shape index (κ2) is 8.14. The van der Waals surface area contributed by atoms with Gasteiger partial charge in [-0.15, -0.1) is 0 Å². The molecule has 3 heteroatoms. The highest BCUT2D eigenvalue weighted by molar-refractivity contribution is 9.09. The van der Waals surface area contributed by atoms with Crippen LogP contribution in [-0.2, 0) is 6.42 Å². The largest absolute Gasteiger partial charge is 0.493 e. The second-order valence-electron chi connectivity index (χ2n) is 4.10. The van der Waals surface area contributed by atoms with E-state index in [2.05, 4.69) is 28.9 Å². The molecule has 0 radical (unpaired) electrons. The van der Waals surface area contributed by atoms with Gasteiger partial charge in [0.05, 0.1) is 19.1 Å². The zero-order chi connectivity index (χ0) is 12.5. The van der Waals surface area contributed by atoms with Crippen LogP contribution in [0.5, 0.6) is 5.75 Å². The van der Waals surface area contributed by atoms with Crippen LogP contribution in [-0.4, -0.2) is 11.9 Å². The van der Waals surface area contributed by atoms with Gasteiger partial charge in [0.25, 0.3) is 0 Å². The topological polar surface area (TPSA) is 33.0 Å². The quantitative estimate of drug-likeness (QED) is 0.714. The molecule has 1 rings (SSSR count). The standard InChI is InChI=1S/C14H18BrNO/c1-2-3-13(10-15)11-17-14-6-4-12(5-7-14)8-9-16/h4-7,13H,2-3,8,10-11H2,1H3. The van der Waals surface area contributed by atoms with Crippen molar-refractivity contribution in [2.75, 3.05) is 11.9 Å². The first-order valence-electron chi connectivity index (χ1n) is 5.94. The minimum Gasteiger partial charge on any atom is -0.493 e. The van der Waals surface area contributed by atoms with Crippen molar-refractivity contribution in [3.05, 3.63) is 29.8 Å². The lowest BCUT2D eigenvalue weighted by Gasteiger charge is -2.14. The normalized spacial score (nSPS) is 11.8. The van der Waals surface area contributed by atoms with Crippen LogP contribution in [0.15, 0.2) is 24.3 Å². The monoisotopic (exact) mass is 295 g/mol. The first-order chi connectivity index (χ1) is 8.30. The molecule has 17 heavy (non-hydrogen) atoms. The number of hydrogen-bond acceptors (Lipinski definition) is 2. The molecule has 0 saturated heterocycles. The van der Waals surface area contributed by atoms with Crippen LogP contribution in [0.25, 0.3) is 0 Å². The van der Waals surface area contributed by atoms with Gasteiger partial charge in [-0.05, 0) is 24.1 Å². The number of nitrogens with zero attached hydrogens (tertiary/aromatic N) is 1. The molecular weight excluding hydrogens is 278 g/mol. The summed E-state index contributed by atoms with van der Waals surface area (Å²) in [6, 6.07) is 9.89. The van der Waals surface area contributed by atoms with Crippen LogP contribution in [0.3, 0.4) is 0 Å². The molecule has 0 spiro atoms. The molecule has 0 aromatic heterocycles. The molecule has 1 atom stereocenters. The van der Waals surface area contributed by atoms with Gasteiger partial charge in [0.15, 0.2) is 0 Å². The summed E-state index contributed by atoms with van der Waals surface area (Å²) in [4.78, 5) is 0. The highest BCUT2D eigenvalue weighted by Gasteiger charge is 2.06. The van der Waals surface area contributed by atoms with Crippen molar-refractivity contribution in [1.82, 2.24) is 0 Å². The highest BCUT2D eigenvalue weighted by atomic mass is 79.9. The molecule has 1 unspecified atom stereocenters. The summed E-state index contributed by atoms with van der Waals surface area (Å²) in [5, 5.41) is 9.55. The Morgan fingerprint density at radius 3 is 2.59 bits per heavy atom. The molecule has 1 aromatic carbocycles. The van der Waals surface area contributed by atoms with Gasteiger partial charge < -0.3 is 4.74 Å². The number of hydrogen-bond donors (Lipinski definition) is 0. The number of alkyl halides is 1. The van der Waals surface area contributed by atoms with Crippen LogP contribution < -0.4 is 4.74 Å². The number of halogens is 1. The summed E-state index contributed by atoms with van der Waals surface area (Å²) < 4.78 is 5.73. The summed E-state index contributed by atoms with van der Waals surface area (Å²) in [6.45, 7) is 2.93. The summed E-state index contributed by atoms with van der Waals surface area (Å²) in [7, 11) is 0. The first kappa shape index (κ1) is 14.1. The van der Waals surface area contributed by atoms with Gasteiger partial charge in [-0.3, -0.25) is 0 Å². The summed E-state index contributed by atoms with van der Waals surface area (Å²) >= 11 is 3.51. The van der Waals surface area contributed by atoms with E-state index < -0.39 is 0 Å². The molecule has 0 amide bonds. The Morgan fingerprint density at radius 1 is 1.35 bits per heavy atom. The van der Waals surface area contributed by atoms with E-state index in [1.807, 2.05) is 24.3 Å². The molecule has 0 heterocycles. The number of nitriles is 1. The molecule has 0 N–H and O–H groups in total. The second-order valence-corrected chi connectivity index (χ2v) is 4.75. The van der Waals surface area contributed by atoms with E-state index in [4.69, 9.17) is 10.00 Å². The third-order valence-electron chi connectivity index (χ3n) is 2.61. The van der Waals surface area contributed by atoms with E-state index in [-0.39, 0.29) is 0 Å². The lowest BCUT2D eigenvalue weighted by Crippen LogP contribution is -2.13. The Labute approximate surface area is 112 Å². The molecule has 0 aliphatic carbocycles. The number of benzene rings is 1. The smallest absolute Gasteiger partial charge is 0.119 e. The van der Waals surface area contributed by atoms with Crippen molar-refractivity contribution < 1.29 is 4.74 Å². The van der Waals surface area contributed by atoms with E-state index in [1.54, 1.807) is 0 Å². The van der Waals surface area contributed by atoms with Crippen LogP contribution in [0.4, 0.5) is 0 Å². The Kier molecular flexibility index (Phi) is 6.73. The van der Waals surface area contributed by atoms with Crippen molar-refractivity contribution in [1.29, 1.82) is 5.26 Å². The van der Waals surface area contributed by atoms with Gasteiger partial charge in [0.1, 0.15) is 5.75 Å². The predicted octanol–water partition coefficient (Wildman–Crippen LogP) is 3.94. The summed E-state index contributed by atoms with van der Waals surface area (Å²) in [5.74, 6) is 1.45. The average molecular weight is 296 g/mol. The average Bonchev–Trinajstić information content (AvgIpc) is 2.36. The zero-order valence-electron chi connectivity index (χ0n) is 10.2. The maximum absolute atomic E-state index is 8.57. The molecule has 0 fully saturated rings. The number of ether oxygens (including phenoxy) is 1. The Balaban J connectivity index is 2.43. The fourth-order valence-electron chi connectivity index (χ4n) is 1.62. The first-order valence-corrected chi connectivity index (χ1v) is 7.07. The Morgan fingerprint density at radius 2 is 2.06 bits per heavy atom. The highest BCUT2D eigenvalue weighted by Crippen LogP contribution is 2.16. The van der Waals surface area contributed by atoms with Crippen LogP contribution in [0.1, 0.15) is 25.3 Å². The summed E-state index contributed by atoms with van der Waals surface area (Å²) in [5.41, 5.74) is 1.03. The zero-order valence-corrected chi connectivity index (χ0v) is 11.7. The minimum atomic E-state index is 0.458. The molecular formula is C14H18BrNO. The lowest BCUT2D eigenvalue weighted by atomic mass is 10.1. The van der Waals surface area contributed by atoms with Crippen LogP contribution >= 0.6 is 15.9 Å². The van der Waals surface area contributed by atoms with E-state index >= 15 is 0 Å². The van der Waals surface area contributed by atoms with Gasteiger partial charge in [-0.1, -0.05) is 41.4 Å². The van der Waals surface area contributed by atoms with Gasteiger partial charge in [0.2, 0.25) is 0 Å². The third kappa shape index (κ3) is 5.23. The molecule has 2 nitrogen and oxygen atoms in total. The van der Waals surface area contributed by atoms with Crippen molar-refractivity contribution in [3.8, 4) is 11.8 Å². The van der Waals surface area contributed by atoms with E-state index in [0.717, 1.165) is 23.2 Å². The van der Waals surface area contributed by atoms with E-state index in [0.29, 0.717) is 12.3 Å². The number of rotatable bonds is 7. The predicted molar refractivity (Wildman–Crippen MR) is 73.4 cm³/mol. The van der Waals surface area contributed by atoms with Crippen LogP contribution in [0, 0.1) is 17.2 Å². The fourth-order valence-corrected chi connectivity index (χ4v) is 2.13. The van der Waals surface area contributed by atoms with Crippen molar-refractivity contribution in [2.45, 2.75) is 26.2 Å². The van der Waals surface area contributed by atoms with E-state index in [9.17, 15) is 0 Å². The van der Waals surface area contributed by atoms with Crippen molar-refractivity contribution >= 4 is 15.9 Å². The molecule has 0 aliphatic heterocycles. The van der Waals surface area contributed by atoms with Crippen molar-refractivity contribution in [2.24, 2.45) is 5.92 Å².